The molecule has 0 N–H and O–H groups in total. The van der Waals surface area contributed by atoms with Crippen molar-refractivity contribution in [3.05, 3.63) is 27.7 Å². The van der Waals surface area contributed by atoms with E-state index in [0.29, 0.717) is 28.9 Å². The summed E-state index contributed by atoms with van der Waals surface area (Å²) in [6.07, 6.45) is 0. The Labute approximate surface area is 104 Å². The maximum Gasteiger partial charge on any atom is 0.253 e. The number of anilines is 1. The van der Waals surface area contributed by atoms with Crippen molar-refractivity contribution in [1.82, 2.24) is 0 Å². The number of carbonyl (C=O) groups excluding carboxylic acids is 1. The average molecular weight is 260 g/mol. The number of aryl methyl sites for hydroxylation is 1. The van der Waals surface area contributed by atoms with Crippen molar-refractivity contribution < 1.29 is 9.53 Å². The van der Waals surface area contributed by atoms with Gasteiger partial charge in [0.2, 0.25) is 0 Å². The van der Waals surface area contributed by atoms with E-state index in [4.69, 9.17) is 27.9 Å². The Morgan fingerprint density at radius 3 is 2.81 bits per heavy atom. The molecule has 16 heavy (non-hydrogen) atoms. The zero-order valence-electron chi connectivity index (χ0n) is 8.80. The van der Waals surface area contributed by atoms with E-state index in [1.54, 1.807) is 11.0 Å². The Morgan fingerprint density at radius 2 is 2.12 bits per heavy atom. The number of hydrogen-bond acceptors (Lipinski definition) is 2. The summed E-state index contributed by atoms with van der Waals surface area (Å²) < 4.78 is 5.07. The highest BCUT2D eigenvalue weighted by molar-refractivity contribution is 6.40. The van der Waals surface area contributed by atoms with Gasteiger partial charge in [-0.15, -0.1) is 0 Å². The molecule has 1 aromatic carbocycles. The van der Waals surface area contributed by atoms with Gasteiger partial charge in [0, 0.05) is 6.54 Å². The molecule has 0 spiro atoms. The predicted molar refractivity (Wildman–Crippen MR) is 64.4 cm³/mol. The lowest BCUT2D eigenvalue weighted by molar-refractivity contribution is -0.125. The zero-order valence-corrected chi connectivity index (χ0v) is 10.3. The molecule has 0 aliphatic carbocycles. The van der Waals surface area contributed by atoms with Crippen LogP contribution >= 0.6 is 23.2 Å². The van der Waals surface area contributed by atoms with Crippen LogP contribution in [0.1, 0.15) is 5.56 Å². The molecule has 0 saturated carbocycles. The van der Waals surface area contributed by atoms with E-state index in [1.807, 2.05) is 13.0 Å². The van der Waals surface area contributed by atoms with E-state index < -0.39 is 0 Å². The molecular formula is C11H11Cl2NO2. The topological polar surface area (TPSA) is 29.5 Å². The SMILES string of the molecule is Cc1ccc(Cl)c(N2CCOCC2=O)c1Cl. The first-order valence-electron chi connectivity index (χ1n) is 4.94. The second-order valence-corrected chi connectivity index (χ2v) is 4.41. The first kappa shape index (κ1) is 11.7. The van der Waals surface area contributed by atoms with Crippen LogP contribution in [0.4, 0.5) is 5.69 Å². The minimum atomic E-state index is -0.111. The first-order valence-corrected chi connectivity index (χ1v) is 5.69. The largest absolute Gasteiger partial charge is 0.370 e. The van der Waals surface area contributed by atoms with Crippen LogP contribution in [0, 0.1) is 6.92 Å². The Hall–Kier alpha value is -0.770. The summed E-state index contributed by atoms with van der Waals surface area (Å²) in [5, 5.41) is 1.02. The Bertz CT molecular complexity index is 434. The quantitative estimate of drug-likeness (QED) is 0.776. The fourth-order valence-electron chi connectivity index (χ4n) is 1.64. The lowest BCUT2D eigenvalue weighted by Gasteiger charge is -2.28. The normalized spacial score (nSPS) is 16.7. The predicted octanol–water partition coefficient (Wildman–Crippen LogP) is 2.67. The summed E-state index contributed by atoms with van der Waals surface area (Å²) in [6.45, 7) is 2.96. The van der Waals surface area contributed by atoms with Crippen LogP contribution in [0.3, 0.4) is 0 Å². The van der Waals surface area contributed by atoms with Gasteiger partial charge in [0.25, 0.3) is 5.91 Å². The van der Waals surface area contributed by atoms with Crippen LogP contribution in [0.15, 0.2) is 12.1 Å². The molecule has 1 aliphatic rings. The third-order valence-electron chi connectivity index (χ3n) is 2.52. The van der Waals surface area contributed by atoms with Crippen LogP contribution in [-0.2, 0) is 9.53 Å². The molecule has 86 valence electrons. The minimum absolute atomic E-state index is 0.0839. The van der Waals surface area contributed by atoms with Crippen LogP contribution < -0.4 is 4.90 Å². The van der Waals surface area contributed by atoms with Crippen molar-refractivity contribution in [1.29, 1.82) is 0 Å². The van der Waals surface area contributed by atoms with Crippen molar-refractivity contribution in [3.8, 4) is 0 Å². The smallest absolute Gasteiger partial charge is 0.253 e. The van der Waals surface area contributed by atoms with Gasteiger partial charge in [0.1, 0.15) is 6.61 Å². The maximum atomic E-state index is 11.7. The molecule has 1 aliphatic heterocycles. The summed E-state index contributed by atoms with van der Waals surface area (Å²) in [5.41, 5.74) is 1.50. The van der Waals surface area contributed by atoms with Crippen molar-refractivity contribution in [3.63, 3.8) is 0 Å². The van der Waals surface area contributed by atoms with E-state index in [-0.39, 0.29) is 12.5 Å². The molecule has 1 saturated heterocycles. The number of carbonyl (C=O) groups is 1. The van der Waals surface area contributed by atoms with E-state index in [1.165, 1.54) is 0 Å². The average Bonchev–Trinajstić information content (AvgIpc) is 2.27. The maximum absolute atomic E-state index is 11.7. The monoisotopic (exact) mass is 259 g/mol. The lowest BCUT2D eigenvalue weighted by Crippen LogP contribution is -2.42. The number of rotatable bonds is 1. The van der Waals surface area contributed by atoms with E-state index in [9.17, 15) is 4.79 Å². The molecule has 1 amide bonds. The summed E-state index contributed by atoms with van der Waals surface area (Å²) >= 11 is 12.3. The number of ether oxygens (including phenoxy) is 1. The Morgan fingerprint density at radius 1 is 1.38 bits per heavy atom. The summed E-state index contributed by atoms with van der Waals surface area (Å²) in [5.74, 6) is -0.111. The molecule has 5 heteroatoms. The van der Waals surface area contributed by atoms with Gasteiger partial charge in [0.05, 0.1) is 22.3 Å². The summed E-state index contributed by atoms with van der Waals surface area (Å²) in [4.78, 5) is 13.3. The number of benzene rings is 1. The Balaban J connectivity index is 2.46. The molecule has 3 nitrogen and oxygen atoms in total. The van der Waals surface area contributed by atoms with Crippen LogP contribution in [0.25, 0.3) is 0 Å². The molecule has 1 aromatic rings. The second kappa shape index (κ2) is 4.62. The first-order chi connectivity index (χ1) is 7.61. The molecule has 2 rings (SSSR count). The van der Waals surface area contributed by atoms with Crippen molar-refractivity contribution in [2.75, 3.05) is 24.7 Å². The van der Waals surface area contributed by atoms with Gasteiger partial charge in [-0.05, 0) is 18.6 Å². The van der Waals surface area contributed by atoms with E-state index in [0.717, 1.165) is 5.56 Å². The lowest BCUT2D eigenvalue weighted by atomic mass is 10.2. The molecule has 0 atom stereocenters. The standard InChI is InChI=1S/C11H11Cl2NO2/c1-7-2-3-8(12)11(10(7)13)14-4-5-16-6-9(14)15/h2-3H,4-6H2,1H3. The van der Waals surface area contributed by atoms with Crippen molar-refractivity contribution in [2.45, 2.75) is 6.92 Å². The fourth-order valence-corrected chi connectivity index (χ4v) is 2.22. The molecular weight excluding hydrogens is 249 g/mol. The fraction of sp³-hybridized carbons (Fsp3) is 0.364. The van der Waals surface area contributed by atoms with Crippen LogP contribution in [0.2, 0.25) is 10.0 Å². The van der Waals surface area contributed by atoms with Gasteiger partial charge in [0.15, 0.2) is 0 Å². The highest BCUT2D eigenvalue weighted by Gasteiger charge is 2.24. The Kier molecular flexibility index (Phi) is 3.38. The number of halogens is 2. The van der Waals surface area contributed by atoms with E-state index in [2.05, 4.69) is 0 Å². The van der Waals surface area contributed by atoms with Gasteiger partial charge >= 0.3 is 0 Å². The second-order valence-electron chi connectivity index (χ2n) is 3.62. The highest BCUT2D eigenvalue weighted by Crippen LogP contribution is 2.36. The zero-order chi connectivity index (χ0) is 11.7. The third kappa shape index (κ3) is 2.03. The molecule has 0 unspecified atom stereocenters. The number of hydrogen-bond donors (Lipinski definition) is 0. The van der Waals surface area contributed by atoms with Gasteiger partial charge in [-0.2, -0.15) is 0 Å². The van der Waals surface area contributed by atoms with Crippen molar-refractivity contribution in [2.24, 2.45) is 0 Å². The van der Waals surface area contributed by atoms with Gasteiger partial charge in [-0.3, -0.25) is 4.79 Å². The van der Waals surface area contributed by atoms with E-state index >= 15 is 0 Å². The third-order valence-corrected chi connectivity index (χ3v) is 3.30. The number of amides is 1. The van der Waals surface area contributed by atoms with Crippen LogP contribution in [0.5, 0.6) is 0 Å². The van der Waals surface area contributed by atoms with Gasteiger partial charge < -0.3 is 9.64 Å². The molecule has 0 aromatic heterocycles. The summed E-state index contributed by atoms with van der Waals surface area (Å²) in [6, 6.07) is 3.58. The van der Waals surface area contributed by atoms with Gasteiger partial charge in [-0.25, -0.2) is 0 Å². The van der Waals surface area contributed by atoms with Gasteiger partial charge in [-0.1, -0.05) is 29.3 Å². The number of morpholine rings is 1. The van der Waals surface area contributed by atoms with Crippen molar-refractivity contribution >= 4 is 34.8 Å². The molecule has 0 radical (unpaired) electrons. The minimum Gasteiger partial charge on any atom is -0.370 e. The molecule has 1 fully saturated rings. The number of nitrogens with zero attached hydrogens (tertiary/aromatic N) is 1. The molecule has 1 heterocycles. The highest BCUT2D eigenvalue weighted by atomic mass is 35.5. The molecule has 0 bridgehead atoms. The summed E-state index contributed by atoms with van der Waals surface area (Å²) in [7, 11) is 0. The van der Waals surface area contributed by atoms with Crippen LogP contribution in [-0.4, -0.2) is 25.7 Å².